The average molecular weight is 388 g/mol. The summed E-state index contributed by atoms with van der Waals surface area (Å²) in [6.45, 7) is 0. The molecule has 2 rings (SSSR count). The Hall–Kier alpha value is -3.35. The highest BCUT2D eigenvalue weighted by Crippen LogP contribution is 2.37. The molecule has 0 spiro atoms. The number of rotatable bonds is 9. The van der Waals surface area contributed by atoms with Crippen molar-refractivity contribution in [3.63, 3.8) is 0 Å². The third-order valence-electron chi connectivity index (χ3n) is 4.11. The van der Waals surface area contributed by atoms with Gasteiger partial charge in [-0.15, -0.1) is 0 Å². The lowest BCUT2D eigenvalue weighted by molar-refractivity contribution is 0.104. The summed E-state index contributed by atoms with van der Waals surface area (Å²) >= 11 is 0. The van der Waals surface area contributed by atoms with Gasteiger partial charge in [0.25, 0.3) is 0 Å². The average Bonchev–Trinajstić information content (AvgIpc) is 2.75. The summed E-state index contributed by atoms with van der Waals surface area (Å²) in [5.41, 5.74) is 0.946. The second kappa shape index (κ2) is 9.55. The summed E-state index contributed by atoms with van der Waals surface area (Å²) < 4.78 is 31.9. The molecule has 0 N–H and O–H groups in total. The molecular formula is C21H24O7. The van der Waals surface area contributed by atoms with Crippen molar-refractivity contribution >= 4 is 11.9 Å². The van der Waals surface area contributed by atoms with Crippen molar-refractivity contribution < 1.29 is 33.2 Å². The van der Waals surface area contributed by atoms with Crippen LogP contribution in [0.25, 0.3) is 6.08 Å². The summed E-state index contributed by atoms with van der Waals surface area (Å²) in [6.07, 6.45) is 3.04. The van der Waals surface area contributed by atoms with Crippen LogP contribution in [-0.2, 0) is 0 Å². The molecule has 0 saturated carbocycles. The smallest absolute Gasteiger partial charge is 0.193 e. The van der Waals surface area contributed by atoms with Crippen LogP contribution in [0.5, 0.6) is 34.5 Å². The molecule has 28 heavy (non-hydrogen) atoms. The van der Waals surface area contributed by atoms with Gasteiger partial charge >= 0.3 is 0 Å². The van der Waals surface area contributed by atoms with Crippen LogP contribution < -0.4 is 28.4 Å². The third kappa shape index (κ3) is 4.31. The Balaban J connectivity index is 2.47. The lowest BCUT2D eigenvalue weighted by Crippen LogP contribution is -2.03. The quantitative estimate of drug-likeness (QED) is 0.480. The summed E-state index contributed by atoms with van der Waals surface area (Å²) in [4.78, 5) is 12.9. The maximum atomic E-state index is 12.9. The first-order valence-electron chi connectivity index (χ1n) is 8.35. The molecule has 0 aliphatic carbocycles. The van der Waals surface area contributed by atoms with E-state index in [0.29, 0.717) is 45.6 Å². The highest BCUT2D eigenvalue weighted by molar-refractivity contribution is 6.10. The van der Waals surface area contributed by atoms with E-state index in [1.54, 1.807) is 37.5 Å². The number of carbonyl (C=O) groups excluding carboxylic acids is 1. The Bertz CT molecular complexity index is 846. The van der Waals surface area contributed by atoms with Gasteiger partial charge in [0.2, 0.25) is 0 Å². The monoisotopic (exact) mass is 388 g/mol. The van der Waals surface area contributed by atoms with Gasteiger partial charge in [-0.1, -0.05) is 0 Å². The predicted octanol–water partition coefficient (Wildman–Crippen LogP) is 3.63. The van der Waals surface area contributed by atoms with Crippen molar-refractivity contribution in [3.05, 3.63) is 41.5 Å². The van der Waals surface area contributed by atoms with E-state index in [-0.39, 0.29) is 5.78 Å². The molecule has 0 bridgehead atoms. The minimum atomic E-state index is -0.298. The zero-order valence-electron chi connectivity index (χ0n) is 16.8. The maximum absolute atomic E-state index is 12.9. The number of methoxy groups -OCH3 is 6. The number of benzene rings is 2. The molecule has 0 saturated heterocycles. The van der Waals surface area contributed by atoms with E-state index in [1.165, 1.54) is 41.6 Å². The predicted molar refractivity (Wildman–Crippen MR) is 106 cm³/mol. The Morgan fingerprint density at radius 1 is 0.643 bits per heavy atom. The molecule has 0 heterocycles. The molecule has 0 aromatic heterocycles. The second-order valence-corrected chi connectivity index (χ2v) is 5.55. The van der Waals surface area contributed by atoms with Crippen molar-refractivity contribution in [1.82, 2.24) is 0 Å². The van der Waals surface area contributed by atoms with Gasteiger partial charge < -0.3 is 28.4 Å². The number of hydrogen-bond acceptors (Lipinski definition) is 7. The zero-order valence-corrected chi connectivity index (χ0v) is 16.8. The van der Waals surface area contributed by atoms with Crippen molar-refractivity contribution in [2.24, 2.45) is 0 Å². The highest BCUT2D eigenvalue weighted by atomic mass is 16.5. The van der Waals surface area contributed by atoms with Gasteiger partial charge in [-0.05, 0) is 18.2 Å². The van der Waals surface area contributed by atoms with Gasteiger partial charge in [0, 0.05) is 23.8 Å². The Kier molecular flexibility index (Phi) is 7.14. The molecule has 7 heteroatoms. The van der Waals surface area contributed by atoms with E-state index >= 15 is 0 Å². The fourth-order valence-electron chi connectivity index (χ4n) is 2.68. The Labute approximate surface area is 164 Å². The zero-order chi connectivity index (χ0) is 20.7. The second-order valence-electron chi connectivity index (χ2n) is 5.55. The van der Waals surface area contributed by atoms with Crippen LogP contribution in [0.2, 0.25) is 0 Å². The lowest BCUT2D eigenvalue weighted by atomic mass is 10.1. The number of ketones is 1. The summed E-state index contributed by atoms with van der Waals surface area (Å²) in [5, 5.41) is 0. The van der Waals surface area contributed by atoms with Crippen molar-refractivity contribution in [2.45, 2.75) is 0 Å². The standard InChI is InChI=1S/C21H24O7/c1-23-14-10-19(27-5)21(20(11-14)28-6)15(22)8-7-13-9-17(25-3)18(26-4)12-16(13)24-2/h7-12H,1-6H3/b8-7+. The summed E-state index contributed by atoms with van der Waals surface area (Å²) in [7, 11) is 9.10. The van der Waals surface area contributed by atoms with Gasteiger partial charge in [-0.3, -0.25) is 4.79 Å². The molecule has 0 unspecified atom stereocenters. The Morgan fingerprint density at radius 2 is 1.14 bits per heavy atom. The molecule has 7 nitrogen and oxygen atoms in total. The molecule has 150 valence electrons. The summed E-state index contributed by atoms with van der Waals surface area (Å²) in [5.74, 6) is 2.52. The van der Waals surface area contributed by atoms with E-state index < -0.39 is 0 Å². The van der Waals surface area contributed by atoms with Crippen LogP contribution in [-0.4, -0.2) is 48.4 Å². The maximum Gasteiger partial charge on any atom is 0.193 e. The molecule has 0 amide bonds. The molecule has 0 aliphatic heterocycles. The minimum Gasteiger partial charge on any atom is -0.496 e. The van der Waals surface area contributed by atoms with E-state index in [4.69, 9.17) is 28.4 Å². The first-order valence-corrected chi connectivity index (χ1v) is 8.35. The third-order valence-corrected chi connectivity index (χ3v) is 4.11. The fraction of sp³-hybridized carbons (Fsp3) is 0.286. The molecule has 0 fully saturated rings. The number of hydrogen-bond donors (Lipinski definition) is 0. The van der Waals surface area contributed by atoms with E-state index in [0.717, 1.165) is 0 Å². The molecule has 2 aromatic carbocycles. The van der Waals surface area contributed by atoms with Crippen molar-refractivity contribution in [1.29, 1.82) is 0 Å². The Morgan fingerprint density at radius 3 is 1.61 bits per heavy atom. The van der Waals surface area contributed by atoms with Gasteiger partial charge in [0.15, 0.2) is 17.3 Å². The molecular weight excluding hydrogens is 364 g/mol. The molecule has 0 aliphatic rings. The largest absolute Gasteiger partial charge is 0.496 e. The normalized spacial score (nSPS) is 10.5. The van der Waals surface area contributed by atoms with Crippen LogP contribution in [0.15, 0.2) is 30.3 Å². The van der Waals surface area contributed by atoms with Gasteiger partial charge in [-0.2, -0.15) is 0 Å². The molecule has 0 atom stereocenters. The molecule has 2 aromatic rings. The fourth-order valence-corrected chi connectivity index (χ4v) is 2.68. The SMILES string of the molecule is COc1cc(OC)c(C(=O)/C=C/c2cc(OC)c(OC)cc2OC)c(OC)c1. The topological polar surface area (TPSA) is 72.5 Å². The van der Waals surface area contributed by atoms with Crippen LogP contribution in [0, 0.1) is 0 Å². The number of carbonyl (C=O) groups is 1. The van der Waals surface area contributed by atoms with Crippen LogP contribution >= 0.6 is 0 Å². The minimum absolute atomic E-state index is 0.293. The van der Waals surface area contributed by atoms with Gasteiger partial charge in [0.1, 0.15) is 28.6 Å². The summed E-state index contributed by atoms with van der Waals surface area (Å²) in [6, 6.07) is 6.67. The van der Waals surface area contributed by atoms with Crippen molar-refractivity contribution in [3.8, 4) is 34.5 Å². The van der Waals surface area contributed by atoms with Crippen molar-refractivity contribution in [2.75, 3.05) is 42.7 Å². The van der Waals surface area contributed by atoms with Gasteiger partial charge in [-0.25, -0.2) is 0 Å². The van der Waals surface area contributed by atoms with E-state index in [2.05, 4.69) is 0 Å². The van der Waals surface area contributed by atoms with E-state index in [9.17, 15) is 4.79 Å². The van der Waals surface area contributed by atoms with E-state index in [1.807, 2.05) is 0 Å². The van der Waals surface area contributed by atoms with Crippen LogP contribution in [0.3, 0.4) is 0 Å². The van der Waals surface area contributed by atoms with Crippen LogP contribution in [0.1, 0.15) is 15.9 Å². The van der Waals surface area contributed by atoms with Crippen LogP contribution in [0.4, 0.5) is 0 Å². The first kappa shape index (κ1) is 21.0. The lowest BCUT2D eigenvalue weighted by Gasteiger charge is -2.13. The highest BCUT2D eigenvalue weighted by Gasteiger charge is 2.19. The van der Waals surface area contributed by atoms with Gasteiger partial charge in [0.05, 0.1) is 42.7 Å². The number of ether oxygens (including phenoxy) is 6. The first-order chi connectivity index (χ1) is 13.5. The number of allylic oxidation sites excluding steroid dienone is 1. The molecule has 0 radical (unpaired) electrons.